The van der Waals surface area contributed by atoms with Gasteiger partial charge in [0.15, 0.2) is 0 Å². The van der Waals surface area contributed by atoms with Crippen molar-refractivity contribution in [1.82, 2.24) is 0 Å². The van der Waals surface area contributed by atoms with E-state index in [1.807, 2.05) is 0 Å². The maximum atomic E-state index is 12.9. The van der Waals surface area contributed by atoms with Gasteiger partial charge in [0.2, 0.25) is 0 Å². The van der Waals surface area contributed by atoms with Crippen LogP contribution in [0.2, 0.25) is 0 Å². The highest BCUT2D eigenvalue weighted by Gasteiger charge is 2.34. The predicted octanol–water partition coefficient (Wildman–Crippen LogP) is 4.40. The van der Waals surface area contributed by atoms with Gasteiger partial charge >= 0.3 is 6.18 Å². The number of halogens is 5. The molecule has 0 aliphatic carbocycles. The molecule has 0 aliphatic heterocycles. The summed E-state index contributed by atoms with van der Waals surface area (Å²) in [7, 11) is 0. The lowest BCUT2D eigenvalue weighted by molar-refractivity contribution is -0.140. The summed E-state index contributed by atoms with van der Waals surface area (Å²) in [5, 5.41) is 0.813. The van der Waals surface area contributed by atoms with E-state index < -0.39 is 17.6 Å². The van der Waals surface area contributed by atoms with Crippen molar-refractivity contribution in [2.45, 2.75) is 19.0 Å². The van der Waals surface area contributed by atoms with Gasteiger partial charge in [-0.2, -0.15) is 13.2 Å². The van der Waals surface area contributed by atoms with Gasteiger partial charge in [0, 0.05) is 5.33 Å². The Bertz CT molecular complexity index is 365. The largest absolute Gasteiger partial charge is 0.494 e. The van der Waals surface area contributed by atoms with Crippen molar-refractivity contribution in [3.05, 3.63) is 29.6 Å². The molecule has 0 aliphatic rings. The zero-order chi connectivity index (χ0) is 12.9. The smallest absolute Gasteiger partial charge is 0.419 e. The normalized spacial score (nSPS) is 11.6. The van der Waals surface area contributed by atoms with Gasteiger partial charge in [-0.15, -0.1) is 0 Å². The lowest BCUT2D eigenvalue weighted by Crippen LogP contribution is -2.08. The van der Waals surface area contributed by atoms with Gasteiger partial charge in [0.25, 0.3) is 0 Å². The van der Waals surface area contributed by atoms with Crippen LogP contribution in [0, 0.1) is 5.82 Å². The summed E-state index contributed by atoms with van der Waals surface area (Å²) in [5.74, 6) is -1.25. The van der Waals surface area contributed by atoms with Crippen molar-refractivity contribution >= 4 is 15.9 Å². The van der Waals surface area contributed by atoms with Crippen LogP contribution in [-0.4, -0.2) is 11.9 Å². The first kappa shape index (κ1) is 14.3. The maximum Gasteiger partial charge on any atom is 0.419 e. The summed E-state index contributed by atoms with van der Waals surface area (Å²) in [6.45, 7) is 0.314. The molecule has 0 heterocycles. The zero-order valence-electron chi connectivity index (χ0n) is 8.86. The third kappa shape index (κ3) is 4.53. The number of hydrogen-bond acceptors (Lipinski definition) is 1. The maximum absolute atomic E-state index is 12.9. The number of alkyl halides is 4. The minimum Gasteiger partial charge on any atom is -0.494 e. The average molecular weight is 315 g/mol. The van der Waals surface area contributed by atoms with Gasteiger partial charge in [-0.1, -0.05) is 15.9 Å². The van der Waals surface area contributed by atoms with Crippen molar-refractivity contribution in [2.24, 2.45) is 0 Å². The molecule has 0 unspecified atom stereocenters. The molecular formula is C11H11BrF4O. The summed E-state index contributed by atoms with van der Waals surface area (Å²) >= 11 is 3.23. The molecule has 0 saturated carbocycles. The van der Waals surface area contributed by atoms with Gasteiger partial charge in [-0.3, -0.25) is 0 Å². The summed E-state index contributed by atoms with van der Waals surface area (Å²) < 4.78 is 55.1. The molecule has 1 aromatic carbocycles. The van der Waals surface area contributed by atoms with Crippen LogP contribution in [0.3, 0.4) is 0 Å². The van der Waals surface area contributed by atoms with E-state index in [1.54, 1.807) is 0 Å². The molecule has 1 rings (SSSR count). The number of rotatable bonds is 5. The Labute approximate surface area is 105 Å². The second kappa shape index (κ2) is 6.23. The van der Waals surface area contributed by atoms with E-state index in [1.165, 1.54) is 6.07 Å². The molecule has 0 radical (unpaired) electrons. The van der Waals surface area contributed by atoms with E-state index in [4.69, 9.17) is 4.74 Å². The number of ether oxygens (including phenoxy) is 1. The Kier molecular flexibility index (Phi) is 5.24. The fourth-order valence-electron chi connectivity index (χ4n) is 1.20. The van der Waals surface area contributed by atoms with Crippen LogP contribution in [0.1, 0.15) is 18.4 Å². The van der Waals surface area contributed by atoms with Crippen molar-refractivity contribution in [3.63, 3.8) is 0 Å². The van der Waals surface area contributed by atoms with Gasteiger partial charge < -0.3 is 4.74 Å². The Hall–Kier alpha value is -0.780. The molecular weight excluding hydrogens is 304 g/mol. The van der Waals surface area contributed by atoms with Crippen LogP contribution < -0.4 is 4.74 Å². The second-order valence-electron chi connectivity index (χ2n) is 3.38. The highest BCUT2D eigenvalue weighted by atomic mass is 79.9. The van der Waals surface area contributed by atoms with E-state index >= 15 is 0 Å². The SMILES string of the molecule is Fc1ccc(OCCCCBr)cc1C(F)(F)F. The van der Waals surface area contributed by atoms with Crippen LogP contribution in [0.4, 0.5) is 17.6 Å². The quantitative estimate of drug-likeness (QED) is 0.445. The van der Waals surface area contributed by atoms with E-state index in [2.05, 4.69) is 15.9 Å². The first-order valence-corrected chi connectivity index (χ1v) is 6.13. The molecule has 0 amide bonds. The van der Waals surface area contributed by atoms with Gasteiger partial charge in [0.1, 0.15) is 11.6 Å². The third-order valence-corrected chi connectivity index (χ3v) is 2.60. The fourth-order valence-corrected chi connectivity index (χ4v) is 1.59. The number of hydrogen-bond donors (Lipinski definition) is 0. The van der Waals surface area contributed by atoms with Crippen molar-refractivity contribution in [3.8, 4) is 5.75 Å². The summed E-state index contributed by atoms with van der Waals surface area (Å²) in [6.07, 6.45) is -3.10. The van der Waals surface area contributed by atoms with Gasteiger partial charge in [0.05, 0.1) is 12.2 Å². The van der Waals surface area contributed by atoms with Gasteiger partial charge in [-0.25, -0.2) is 4.39 Å². The van der Waals surface area contributed by atoms with E-state index in [0.29, 0.717) is 12.7 Å². The average Bonchev–Trinajstić information content (AvgIpc) is 2.25. The second-order valence-corrected chi connectivity index (χ2v) is 4.18. The Morgan fingerprint density at radius 2 is 1.88 bits per heavy atom. The number of benzene rings is 1. The van der Waals surface area contributed by atoms with E-state index in [-0.39, 0.29) is 5.75 Å². The highest BCUT2D eigenvalue weighted by Crippen LogP contribution is 2.33. The molecule has 0 spiro atoms. The monoisotopic (exact) mass is 314 g/mol. The number of unbranched alkanes of at least 4 members (excludes halogenated alkanes) is 1. The first-order chi connectivity index (χ1) is 7.95. The predicted molar refractivity (Wildman–Crippen MR) is 59.9 cm³/mol. The third-order valence-electron chi connectivity index (χ3n) is 2.04. The first-order valence-electron chi connectivity index (χ1n) is 5.00. The molecule has 0 atom stereocenters. The van der Waals surface area contributed by atoms with Crippen LogP contribution in [0.25, 0.3) is 0 Å². The molecule has 17 heavy (non-hydrogen) atoms. The molecule has 0 N–H and O–H groups in total. The fraction of sp³-hybridized carbons (Fsp3) is 0.455. The van der Waals surface area contributed by atoms with Crippen LogP contribution >= 0.6 is 15.9 Å². The molecule has 1 nitrogen and oxygen atoms in total. The summed E-state index contributed by atoms with van der Waals surface area (Å²) in [6, 6.07) is 2.64. The minimum atomic E-state index is -4.70. The summed E-state index contributed by atoms with van der Waals surface area (Å²) in [5.41, 5.74) is -1.30. The van der Waals surface area contributed by atoms with Crippen molar-refractivity contribution < 1.29 is 22.3 Å². The molecule has 96 valence electrons. The van der Waals surface area contributed by atoms with Crippen molar-refractivity contribution in [1.29, 1.82) is 0 Å². The molecule has 0 bridgehead atoms. The lowest BCUT2D eigenvalue weighted by atomic mass is 10.2. The zero-order valence-corrected chi connectivity index (χ0v) is 10.4. The molecule has 1 aromatic rings. The molecule has 6 heteroatoms. The lowest BCUT2D eigenvalue weighted by Gasteiger charge is -2.11. The Morgan fingerprint density at radius 3 is 2.47 bits per heavy atom. The van der Waals surface area contributed by atoms with Crippen LogP contribution in [0.5, 0.6) is 5.75 Å². The van der Waals surface area contributed by atoms with Crippen molar-refractivity contribution in [2.75, 3.05) is 11.9 Å². The van der Waals surface area contributed by atoms with E-state index in [0.717, 1.165) is 24.2 Å². The highest BCUT2D eigenvalue weighted by molar-refractivity contribution is 9.09. The Morgan fingerprint density at radius 1 is 1.18 bits per heavy atom. The molecule has 0 fully saturated rings. The summed E-state index contributed by atoms with van der Waals surface area (Å²) in [4.78, 5) is 0. The molecule has 0 saturated heterocycles. The van der Waals surface area contributed by atoms with Gasteiger partial charge in [-0.05, 0) is 31.0 Å². The van der Waals surface area contributed by atoms with E-state index in [9.17, 15) is 17.6 Å². The van der Waals surface area contributed by atoms with Crippen LogP contribution in [-0.2, 0) is 6.18 Å². The Balaban J connectivity index is 2.69. The standard InChI is InChI=1S/C11H11BrF4O/c12-5-1-2-6-17-8-3-4-10(13)9(7-8)11(14,15)16/h3-4,7H,1-2,5-6H2. The molecule has 0 aromatic heterocycles. The topological polar surface area (TPSA) is 9.23 Å². The minimum absolute atomic E-state index is 0.0355. The van der Waals surface area contributed by atoms with Crippen LogP contribution in [0.15, 0.2) is 18.2 Å².